The molecular formula is C27H34N4O2S. The summed E-state index contributed by atoms with van der Waals surface area (Å²) in [7, 11) is 0. The molecule has 180 valence electrons. The van der Waals surface area contributed by atoms with E-state index in [4.69, 9.17) is 4.37 Å². The molecule has 2 aromatic carbocycles. The maximum Gasteiger partial charge on any atom is 0.407 e. The van der Waals surface area contributed by atoms with Crippen molar-refractivity contribution in [1.29, 1.82) is 0 Å². The lowest BCUT2D eigenvalue weighted by atomic mass is 9.83. The van der Waals surface area contributed by atoms with Crippen LogP contribution in [0.15, 0.2) is 54.6 Å². The van der Waals surface area contributed by atoms with E-state index in [9.17, 15) is 9.90 Å². The van der Waals surface area contributed by atoms with Crippen LogP contribution in [0, 0.1) is 5.92 Å². The van der Waals surface area contributed by atoms with Gasteiger partial charge in [-0.15, -0.1) is 0 Å². The van der Waals surface area contributed by atoms with Gasteiger partial charge in [-0.3, -0.25) is 4.90 Å². The highest BCUT2D eigenvalue weighted by Gasteiger charge is 2.29. The second-order valence-corrected chi connectivity index (χ2v) is 10.5. The highest BCUT2D eigenvalue weighted by molar-refractivity contribution is 7.13. The SMILES string of the molecule is O=C(O)N(Cc1ccccc1)[C@H]1CC[C@@H](CCN2CCN(c3nsc4ccccc34)CC2)CC1. The Kier molecular flexibility index (Phi) is 7.30. The van der Waals surface area contributed by atoms with Gasteiger partial charge in [-0.25, -0.2) is 4.79 Å². The van der Waals surface area contributed by atoms with Gasteiger partial charge in [-0.2, -0.15) is 4.37 Å². The lowest BCUT2D eigenvalue weighted by molar-refractivity contribution is 0.0962. The van der Waals surface area contributed by atoms with Crippen LogP contribution in [0.3, 0.4) is 0 Å². The summed E-state index contributed by atoms with van der Waals surface area (Å²) in [6, 6.07) is 18.6. The number of aromatic nitrogens is 1. The number of amides is 1. The number of fused-ring (bicyclic) bond motifs is 1. The van der Waals surface area contributed by atoms with Crippen molar-refractivity contribution >= 4 is 33.5 Å². The second kappa shape index (κ2) is 10.7. The van der Waals surface area contributed by atoms with Crippen molar-refractivity contribution in [2.24, 2.45) is 5.92 Å². The van der Waals surface area contributed by atoms with Crippen molar-refractivity contribution in [2.75, 3.05) is 37.6 Å². The molecule has 7 heteroatoms. The van der Waals surface area contributed by atoms with E-state index in [1.165, 1.54) is 16.5 Å². The number of benzene rings is 2. The monoisotopic (exact) mass is 478 g/mol. The zero-order valence-corrected chi connectivity index (χ0v) is 20.5. The molecule has 1 aromatic heterocycles. The number of piperazine rings is 1. The molecular weight excluding hydrogens is 444 g/mol. The number of carbonyl (C=O) groups is 1. The quantitative estimate of drug-likeness (QED) is 0.483. The van der Waals surface area contributed by atoms with Crippen LogP contribution in [0.1, 0.15) is 37.7 Å². The molecule has 1 N–H and O–H groups in total. The molecule has 0 radical (unpaired) electrons. The first kappa shape index (κ1) is 23.1. The van der Waals surface area contributed by atoms with Crippen molar-refractivity contribution in [3.05, 3.63) is 60.2 Å². The van der Waals surface area contributed by atoms with Crippen LogP contribution < -0.4 is 4.90 Å². The lowest BCUT2D eigenvalue weighted by Gasteiger charge is -2.38. The average molecular weight is 479 g/mol. The molecule has 2 heterocycles. The van der Waals surface area contributed by atoms with Gasteiger partial charge in [0.05, 0.1) is 4.70 Å². The summed E-state index contributed by atoms with van der Waals surface area (Å²) >= 11 is 1.60. The summed E-state index contributed by atoms with van der Waals surface area (Å²) in [5.74, 6) is 1.86. The molecule has 6 nitrogen and oxygen atoms in total. The van der Waals surface area contributed by atoms with Crippen molar-refractivity contribution in [1.82, 2.24) is 14.2 Å². The zero-order valence-electron chi connectivity index (χ0n) is 19.7. The molecule has 2 aliphatic rings. The molecule has 1 saturated heterocycles. The summed E-state index contributed by atoms with van der Waals surface area (Å²) in [6.07, 6.45) is 4.65. The number of anilines is 1. The number of hydrogen-bond donors (Lipinski definition) is 1. The van der Waals surface area contributed by atoms with E-state index >= 15 is 0 Å². The molecule has 1 aliphatic carbocycles. The molecule has 1 saturated carbocycles. The highest BCUT2D eigenvalue weighted by atomic mass is 32.1. The van der Waals surface area contributed by atoms with E-state index < -0.39 is 6.09 Å². The van der Waals surface area contributed by atoms with Crippen LogP contribution in [0.4, 0.5) is 10.6 Å². The first-order chi connectivity index (χ1) is 16.7. The Bertz CT molecular complexity index is 1070. The molecule has 1 aliphatic heterocycles. The molecule has 1 amide bonds. The molecule has 0 bridgehead atoms. The highest BCUT2D eigenvalue weighted by Crippen LogP contribution is 2.32. The van der Waals surface area contributed by atoms with Crippen molar-refractivity contribution in [2.45, 2.75) is 44.7 Å². The second-order valence-electron chi connectivity index (χ2n) is 9.69. The van der Waals surface area contributed by atoms with E-state index in [0.29, 0.717) is 12.5 Å². The molecule has 0 unspecified atom stereocenters. The Morgan fingerprint density at radius 3 is 2.41 bits per heavy atom. The van der Waals surface area contributed by atoms with Crippen molar-refractivity contribution < 1.29 is 9.90 Å². The van der Waals surface area contributed by atoms with Gasteiger partial charge < -0.3 is 14.9 Å². The van der Waals surface area contributed by atoms with Crippen molar-refractivity contribution in [3.8, 4) is 0 Å². The lowest BCUT2D eigenvalue weighted by Crippen LogP contribution is -2.47. The molecule has 3 aromatic rings. The minimum absolute atomic E-state index is 0.144. The Hall–Kier alpha value is -2.64. The molecule has 34 heavy (non-hydrogen) atoms. The summed E-state index contributed by atoms with van der Waals surface area (Å²) < 4.78 is 5.99. The van der Waals surface area contributed by atoms with E-state index in [1.807, 2.05) is 30.3 Å². The topological polar surface area (TPSA) is 59.9 Å². The van der Waals surface area contributed by atoms with Crippen LogP contribution in [0.25, 0.3) is 10.1 Å². The predicted octanol–water partition coefficient (Wildman–Crippen LogP) is 5.55. The van der Waals surface area contributed by atoms with Gasteiger partial charge in [-0.05, 0) is 73.8 Å². The standard InChI is InChI=1S/C27H34N4O2S/c32-27(33)31(20-22-6-2-1-3-7-22)23-12-10-21(11-13-23)14-15-29-16-18-30(19-17-29)26-24-8-4-5-9-25(24)34-28-26/h1-9,21,23H,10-20H2,(H,32,33)/t21-,23+. The summed E-state index contributed by atoms with van der Waals surface area (Å²) in [4.78, 5) is 18.6. The van der Waals surface area contributed by atoms with Gasteiger partial charge in [-0.1, -0.05) is 42.5 Å². The van der Waals surface area contributed by atoms with Gasteiger partial charge >= 0.3 is 6.09 Å². The third kappa shape index (κ3) is 5.36. The minimum Gasteiger partial charge on any atom is -0.465 e. The van der Waals surface area contributed by atoms with Gasteiger partial charge in [0.2, 0.25) is 0 Å². The fraction of sp³-hybridized carbons (Fsp3) is 0.481. The number of carboxylic acid groups (broad SMARTS) is 1. The summed E-state index contributed by atoms with van der Waals surface area (Å²) in [6.45, 7) is 5.88. The predicted molar refractivity (Wildman–Crippen MR) is 139 cm³/mol. The van der Waals surface area contributed by atoms with Gasteiger partial charge in [0.15, 0.2) is 0 Å². The maximum atomic E-state index is 11.9. The summed E-state index contributed by atoms with van der Waals surface area (Å²) in [5.41, 5.74) is 1.07. The smallest absolute Gasteiger partial charge is 0.407 e. The number of rotatable bonds is 7. The first-order valence-electron chi connectivity index (χ1n) is 12.5. The number of hydrogen-bond acceptors (Lipinski definition) is 5. The Morgan fingerprint density at radius 2 is 1.68 bits per heavy atom. The first-order valence-corrected chi connectivity index (χ1v) is 13.3. The van der Waals surface area contributed by atoms with Gasteiger partial charge in [0.25, 0.3) is 0 Å². The fourth-order valence-corrected chi connectivity index (χ4v) is 6.32. The molecule has 2 fully saturated rings. The van der Waals surface area contributed by atoms with Gasteiger partial charge in [0.1, 0.15) is 5.82 Å². The fourth-order valence-electron chi connectivity index (χ4n) is 5.53. The maximum absolute atomic E-state index is 11.9. The summed E-state index contributed by atoms with van der Waals surface area (Å²) in [5, 5.41) is 11.1. The molecule has 0 spiro atoms. The Balaban J connectivity index is 1.06. The van der Waals surface area contributed by atoms with E-state index in [-0.39, 0.29) is 6.04 Å². The average Bonchev–Trinajstić information content (AvgIpc) is 3.31. The van der Waals surface area contributed by atoms with E-state index in [1.54, 1.807) is 16.4 Å². The van der Waals surface area contributed by atoms with Crippen LogP contribution in [0.2, 0.25) is 0 Å². The van der Waals surface area contributed by atoms with Gasteiger partial charge in [0, 0.05) is 44.2 Å². The molecule has 5 rings (SSSR count). The minimum atomic E-state index is -0.793. The van der Waals surface area contributed by atoms with Crippen LogP contribution in [-0.4, -0.2) is 64.1 Å². The van der Waals surface area contributed by atoms with Crippen LogP contribution in [-0.2, 0) is 6.54 Å². The number of nitrogens with zero attached hydrogens (tertiary/aromatic N) is 4. The normalized spacial score (nSPS) is 21.6. The zero-order chi connectivity index (χ0) is 23.3. The van der Waals surface area contributed by atoms with Crippen molar-refractivity contribution in [3.63, 3.8) is 0 Å². The molecule has 0 atom stereocenters. The Morgan fingerprint density at radius 1 is 0.971 bits per heavy atom. The Labute approximate surface area is 206 Å². The van der Waals surface area contributed by atoms with E-state index in [0.717, 1.165) is 69.8 Å². The van der Waals surface area contributed by atoms with E-state index in [2.05, 4.69) is 34.1 Å². The van der Waals surface area contributed by atoms with Crippen LogP contribution in [0.5, 0.6) is 0 Å². The largest absolute Gasteiger partial charge is 0.465 e. The van der Waals surface area contributed by atoms with Crippen LogP contribution >= 0.6 is 11.5 Å². The third-order valence-corrected chi connectivity index (χ3v) is 8.40. The third-order valence-electron chi connectivity index (χ3n) is 7.58.